The third-order valence-electron chi connectivity index (χ3n) is 6.34. The van der Waals surface area contributed by atoms with E-state index in [1.807, 2.05) is 54.9 Å². The van der Waals surface area contributed by atoms with E-state index in [0.29, 0.717) is 32.0 Å². The summed E-state index contributed by atoms with van der Waals surface area (Å²) in [6, 6.07) is 20.5. The summed E-state index contributed by atoms with van der Waals surface area (Å²) in [5.74, 6) is 1.52. The maximum Gasteiger partial charge on any atom is 0.223 e. The minimum atomic E-state index is 0.00707. The molecule has 1 aliphatic heterocycles. The Bertz CT molecular complexity index is 1070. The van der Waals surface area contributed by atoms with Crippen LogP contribution in [0.1, 0.15) is 49.8 Å². The summed E-state index contributed by atoms with van der Waals surface area (Å²) in [7, 11) is 0. The number of benzene rings is 2. The van der Waals surface area contributed by atoms with Crippen molar-refractivity contribution in [1.29, 1.82) is 0 Å². The molecule has 1 aromatic heterocycles. The number of hydrogen-bond acceptors (Lipinski definition) is 4. The predicted octanol–water partition coefficient (Wildman–Crippen LogP) is 5.85. The van der Waals surface area contributed by atoms with Gasteiger partial charge in [-0.25, -0.2) is 0 Å². The molecule has 5 nitrogen and oxygen atoms in total. The number of aryl methyl sites for hydroxylation is 1. The molecule has 1 N–H and O–H groups in total. The molecule has 2 heterocycles. The smallest absolute Gasteiger partial charge is 0.223 e. The number of aromatic nitrogens is 1. The fourth-order valence-corrected chi connectivity index (χ4v) is 4.57. The van der Waals surface area contributed by atoms with Gasteiger partial charge in [-0.3, -0.25) is 9.78 Å². The van der Waals surface area contributed by atoms with E-state index >= 15 is 0 Å². The highest BCUT2D eigenvalue weighted by Crippen LogP contribution is 2.27. The molecular formula is C29H35N3O2. The largest absolute Gasteiger partial charge is 0.491 e. The zero-order valence-electron chi connectivity index (χ0n) is 20.2. The minimum Gasteiger partial charge on any atom is -0.491 e. The van der Waals surface area contributed by atoms with Crippen molar-refractivity contribution in [3.05, 3.63) is 89.7 Å². The van der Waals surface area contributed by atoms with Crippen molar-refractivity contribution in [1.82, 2.24) is 9.88 Å². The zero-order chi connectivity index (χ0) is 23.8. The van der Waals surface area contributed by atoms with E-state index < -0.39 is 0 Å². The summed E-state index contributed by atoms with van der Waals surface area (Å²) in [5.41, 5.74) is 4.54. The molecule has 0 bridgehead atoms. The highest BCUT2D eigenvalue weighted by atomic mass is 16.5. The standard InChI is InChI=1S/C29H35N3O2/c1-22(2)18-26-21-34-28-12-6-4-9-24(28)19-31-27-11-5-3-10-25(27)20-32(26)29(33)13-7-8-23-14-16-30-17-15-23/h3-6,9-12,14-17,22,26,31H,7-8,13,18-21H2,1-2H3/t26-/m0/s1. The van der Waals surface area contributed by atoms with Gasteiger partial charge in [-0.1, -0.05) is 50.2 Å². The van der Waals surface area contributed by atoms with Gasteiger partial charge in [0, 0.05) is 43.2 Å². The predicted molar refractivity (Wildman–Crippen MR) is 137 cm³/mol. The second-order valence-corrected chi connectivity index (χ2v) is 9.44. The number of rotatable bonds is 6. The number of pyridine rings is 1. The fourth-order valence-electron chi connectivity index (χ4n) is 4.57. The van der Waals surface area contributed by atoms with Gasteiger partial charge in [0.1, 0.15) is 12.4 Å². The Morgan fingerprint density at radius 2 is 1.79 bits per heavy atom. The van der Waals surface area contributed by atoms with E-state index in [0.717, 1.165) is 41.8 Å². The van der Waals surface area contributed by atoms with E-state index in [4.69, 9.17) is 4.74 Å². The van der Waals surface area contributed by atoms with Crippen LogP contribution in [0.2, 0.25) is 0 Å². The average molecular weight is 458 g/mol. The van der Waals surface area contributed by atoms with E-state index in [9.17, 15) is 4.79 Å². The third-order valence-corrected chi connectivity index (χ3v) is 6.34. The van der Waals surface area contributed by atoms with Gasteiger partial charge < -0.3 is 15.0 Å². The summed E-state index contributed by atoms with van der Waals surface area (Å²) in [5, 5.41) is 3.57. The monoisotopic (exact) mass is 457 g/mol. The highest BCUT2D eigenvalue weighted by Gasteiger charge is 2.27. The summed E-state index contributed by atoms with van der Waals surface area (Å²) >= 11 is 0. The fraction of sp³-hybridized carbons (Fsp3) is 0.379. The lowest BCUT2D eigenvalue weighted by molar-refractivity contribution is -0.135. The topological polar surface area (TPSA) is 54.5 Å². The number of anilines is 1. The summed E-state index contributed by atoms with van der Waals surface area (Å²) < 4.78 is 6.35. The first-order valence-corrected chi connectivity index (χ1v) is 12.3. The molecule has 178 valence electrons. The Kier molecular flexibility index (Phi) is 8.18. The second-order valence-electron chi connectivity index (χ2n) is 9.44. The second kappa shape index (κ2) is 11.7. The number of carbonyl (C=O) groups is 1. The van der Waals surface area contributed by atoms with Crippen LogP contribution in [-0.2, 0) is 24.3 Å². The molecule has 1 atom stereocenters. The molecule has 0 saturated heterocycles. The van der Waals surface area contributed by atoms with Gasteiger partial charge in [0.05, 0.1) is 6.04 Å². The van der Waals surface area contributed by atoms with Crippen LogP contribution in [0.3, 0.4) is 0 Å². The molecule has 3 aromatic rings. The third kappa shape index (κ3) is 6.37. The molecule has 1 amide bonds. The first-order valence-electron chi connectivity index (χ1n) is 12.3. The number of hydrogen-bond donors (Lipinski definition) is 1. The molecule has 4 rings (SSSR count). The van der Waals surface area contributed by atoms with Crippen molar-refractivity contribution >= 4 is 11.6 Å². The number of para-hydroxylation sites is 2. The van der Waals surface area contributed by atoms with Gasteiger partial charge in [-0.2, -0.15) is 0 Å². The van der Waals surface area contributed by atoms with Crippen LogP contribution in [-0.4, -0.2) is 28.4 Å². The Labute approximate surface area is 203 Å². The van der Waals surface area contributed by atoms with Crippen LogP contribution in [0.4, 0.5) is 5.69 Å². The molecule has 5 heteroatoms. The first-order chi connectivity index (χ1) is 16.6. The lowest BCUT2D eigenvalue weighted by atomic mass is 10.0. The van der Waals surface area contributed by atoms with Crippen molar-refractivity contribution in [3.8, 4) is 5.75 Å². The molecule has 0 unspecified atom stereocenters. The summed E-state index contributed by atoms with van der Waals surface area (Å²) in [6.07, 6.45) is 6.72. The molecule has 34 heavy (non-hydrogen) atoms. The molecular weight excluding hydrogens is 422 g/mol. The van der Waals surface area contributed by atoms with Gasteiger partial charge >= 0.3 is 0 Å². The maximum absolute atomic E-state index is 13.6. The lowest BCUT2D eigenvalue weighted by Gasteiger charge is -2.33. The van der Waals surface area contributed by atoms with Crippen molar-refractivity contribution in [2.75, 3.05) is 11.9 Å². The van der Waals surface area contributed by atoms with Crippen molar-refractivity contribution in [2.45, 2.75) is 58.7 Å². The van der Waals surface area contributed by atoms with Gasteiger partial charge in [0.25, 0.3) is 0 Å². The molecule has 1 aliphatic rings. The highest BCUT2D eigenvalue weighted by molar-refractivity contribution is 5.77. The molecule has 0 spiro atoms. The van der Waals surface area contributed by atoms with Gasteiger partial charge in [0.2, 0.25) is 5.91 Å². The number of amides is 1. The van der Waals surface area contributed by atoms with Crippen molar-refractivity contribution in [3.63, 3.8) is 0 Å². The van der Waals surface area contributed by atoms with E-state index in [2.05, 4.69) is 47.2 Å². The Hall–Kier alpha value is -3.34. The van der Waals surface area contributed by atoms with Gasteiger partial charge in [0.15, 0.2) is 0 Å². The van der Waals surface area contributed by atoms with Crippen molar-refractivity contribution < 1.29 is 9.53 Å². The summed E-state index contributed by atoms with van der Waals surface area (Å²) in [4.78, 5) is 19.8. The number of fused-ring (bicyclic) bond motifs is 2. The number of nitrogens with one attached hydrogen (secondary N) is 1. The van der Waals surface area contributed by atoms with E-state index in [1.165, 1.54) is 5.56 Å². The first kappa shape index (κ1) is 23.8. The molecule has 0 saturated carbocycles. The Balaban J connectivity index is 1.59. The van der Waals surface area contributed by atoms with Crippen LogP contribution in [0.15, 0.2) is 73.1 Å². The van der Waals surface area contributed by atoms with Gasteiger partial charge in [-0.05, 0) is 60.6 Å². The van der Waals surface area contributed by atoms with Crippen LogP contribution in [0.25, 0.3) is 0 Å². The SMILES string of the molecule is CC(C)C[C@H]1COc2ccccc2CNc2ccccc2CN1C(=O)CCCc1ccncc1. The quantitative estimate of drug-likeness (QED) is 0.504. The lowest BCUT2D eigenvalue weighted by Crippen LogP contribution is -2.44. The number of carbonyl (C=O) groups excluding carboxylic acids is 1. The van der Waals surface area contributed by atoms with Crippen LogP contribution < -0.4 is 10.1 Å². The van der Waals surface area contributed by atoms with Crippen molar-refractivity contribution in [2.24, 2.45) is 5.92 Å². The Morgan fingerprint density at radius 3 is 2.59 bits per heavy atom. The molecule has 0 aliphatic carbocycles. The molecule has 2 aromatic carbocycles. The normalized spacial score (nSPS) is 16.0. The zero-order valence-corrected chi connectivity index (χ0v) is 20.2. The molecule has 0 radical (unpaired) electrons. The van der Waals surface area contributed by atoms with Crippen LogP contribution in [0.5, 0.6) is 5.75 Å². The van der Waals surface area contributed by atoms with Gasteiger partial charge in [-0.15, -0.1) is 0 Å². The van der Waals surface area contributed by atoms with E-state index in [1.54, 1.807) is 0 Å². The minimum absolute atomic E-state index is 0.00707. The molecule has 0 fully saturated rings. The van der Waals surface area contributed by atoms with Crippen LogP contribution >= 0.6 is 0 Å². The summed E-state index contributed by atoms with van der Waals surface area (Å²) in [6.45, 7) is 6.17. The Morgan fingerprint density at radius 1 is 1.06 bits per heavy atom. The number of nitrogens with zero attached hydrogens (tertiary/aromatic N) is 2. The average Bonchev–Trinajstić information content (AvgIpc) is 2.87. The van der Waals surface area contributed by atoms with Crippen LogP contribution in [0, 0.1) is 5.92 Å². The maximum atomic E-state index is 13.6. The van der Waals surface area contributed by atoms with E-state index in [-0.39, 0.29) is 11.9 Å². The number of ether oxygens (including phenoxy) is 1.